The molecule has 0 spiro atoms. The Hall–Kier alpha value is -3.38. The van der Waals surface area contributed by atoms with Crippen molar-refractivity contribution < 1.29 is 4.79 Å². The highest BCUT2D eigenvalue weighted by Gasteiger charge is 2.11. The number of nitriles is 1. The summed E-state index contributed by atoms with van der Waals surface area (Å²) < 4.78 is 0. The van der Waals surface area contributed by atoms with Crippen LogP contribution in [0.5, 0.6) is 0 Å². The lowest BCUT2D eigenvalue weighted by Crippen LogP contribution is -2.14. The quantitative estimate of drug-likeness (QED) is 0.563. The lowest BCUT2D eigenvalue weighted by Gasteiger charge is -2.08. The second kappa shape index (κ2) is 6.80. The topological polar surface area (TPSA) is 52.9 Å². The molecule has 0 bridgehead atoms. The Labute approximate surface area is 140 Å². The first kappa shape index (κ1) is 15.5. The largest absolute Gasteiger partial charge is 0.321 e. The summed E-state index contributed by atoms with van der Waals surface area (Å²) in [7, 11) is 0. The molecule has 0 atom stereocenters. The third-order valence-electron chi connectivity index (χ3n) is 3.88. The number of benzene rings is 3. The molecule has 0 aliphatic heterocycles. The predicted molar refractivity (Wildman–Crippen MR) is 97.3 cm³/mol. The number of amides is 1. The monoisotopic (exact) mass is 312 g/mol. The average molecular weight is 312 g/mol. The van der Waals surface area contributed by atoms with Crippen molar-refractivity contribution in [1.29, 1.82) is 5.26 Å². The Kier molecular flexibility index (Phi) is 4.40. The van der Waals surface area contributed by atoms with Gasteiger partial charge in [-0.3, -0.25) is 4.79 Å². The molecule has 0 fully saturated rings. The van der Waals surface area contributed by atoms with Crippen molar-refractivity contribution in [2.75, 3.05) is 5.32 Å². The zero-order valence-electron chi connectivity index (χ0n) is 13.3. The summed E-state index contributed by atoms with van der Waals surface area (Å²) in [5, 5.41) is 14.3. The third kappa shape index (κ3) is 3.18. The van der Waals surface area contributed by atoms with Gasteiger partial charge >= 0.3 is 0 Å². The number of nitrogens with one attached hydrogen (secondary N) is 1. The molecule has 3 rings (SSSR count). The van der Waals surface area contributed by atoms with E-state index in [0.29, 0.717) is 5.69 Å². The van der Waals surface area contributed by atoms with E-state index in [1.165, 1.54) is 0 Å². The van der Waals surface area contributed by atoms with Crippen molar-refractivity contribution in [3.63, 3.8) is 0 Å². The number of nitrogens with zero attached hydrogens (tertiary/aromatic N) is 1. The van der Waals surface area contributed by atoms with Crippen LogP contribution < -0.4 is 5.32 Å². The molecule has 3 nitrogen and oxygen atoms in total. The Bertz CT molecular complexity index is 975. The van der Waals surface area contributed by atoms with Gasteiger partial charge in [-0.15, -0.1) is 0 Å². The van der Waals surface area contributed by atoms with Gasteiger partial charge in [0.05, 0.1) is 0 Å². The Morgan fingerprint density at radius 1 is 1.00 bits per heavy atom. The maximum absolute atomic E-state index is 12.4. The van der Waals surface area contributed by atoms with Gasteiger partial charge in [-0.2, -0.15) is 5.26 Å². The average Bonchev–Trinajstić information content (AvgIpc) is 2.61. The molecule has 0 saturated carbocycles. The molecule has 0 radical (unpaired) electrons. The highest BCUT2D eigenvalue weighted by molar-refractivity contribution is 6.11. The van der Waals surface area contributed by atoms with Crippen LogP contribution in [0.1, 0.15) is 11.1 Å². The van der Waals surface area contributed by atoms with Gasteiger partial charge in [-0.1, -0.05) is 60.7 Å². The summed E-state index contributed by atoms with van der Waals surface area (Å²) in [4.78, 5) is 12.4. The fourth-order valence-electron chi connectivity index (χ4n) is 2.58. The van der Waals surface area contributed by atoms with Crippen LogP contribution in [0.4, 0.5) is 5.69 Å². The van der Waals surface area contributed by atoms with Crippen LogP contribution >= 0.6 is 0 Å². The summed E-state index contributed by atoms with van der Waals surface area (Å²) in [5.41, 5.74) is 2.59. The van der Waals surface area contributed by atoms with Crippen LogP contribution in [0.2, 0.25) is 0 Å². The fourth-order valence-corrected chi connectivity index (χ4v) is 2.58. The minimum Gasteiger partial charge on any atom is -0.321 e. The molecule has 0 aliphatic rings. The molecular weight excluding hydrogens is 296 g/mol. The molecule has 0 aromatic heterocycles. The van der Waals surface area contributed by atoms with Crippen molar-refractivity contribution in [3.8, 4) is 6.07 Å². The number of rotatable bonds is 3. The van der Waals surface area contributed by atoms with E-state index in [-0.39, 0.29) is 5.57 Å². The summed E-state index contributed by atoms with van der Waals surface area (Å²) in [5.74, 6) is -0.403. The van der Waals surface area contributed by atoms with Gasteiger partial charge in [0.25, 0.3) is 5.91 Å². The number of fused-ring (bicyclic) bond motifs is 1. The van der Waals surface area contributed by atoms with Crippen molar-refractivity contribution in [1.82, 2.24) is 0 Å². The van der Waals surface area contributed by atoms with E-state index in [4.69, 9.17) is 0 Å². The van der Waals surface area contributed by atoms with E-state index >= 15 is 0 Å². The molecule has 116 valence electrons. The van der Waals surface area contributed by atoms with Crippen LogP contribution in [0, 0.1) is 18.3 Å². The highest BCUT2D eigenvalue weighted by atomic mass is 16.1. The summed E-state index contributed by atoms with van der Waals surface area (Å²) in [6.45, 7) is 1.91. The van der Waals surface area contributed by atoms with E-state index in [9.17, 15) is 10.1 Å². The molecule has 0 unspecified atom stereocenters. The number of carbonyl (C=O) groups excluding carboxylic acids is 1. The first-order chi connectivity index (χ1) is 11.7. The van der Waals surface area contributed by atoms with Crippen LogP contribution in [0.3, 0.4) is 0 Å². The number of hydrogen-bond acceptors (Lipinski definition) is 2. The molecule has 0 heterocycles. The predicted octanol–water partition coefficient (Wildman–Crippen LogP) is 4.69. The first-order valence-corrected chi connectivity index (χ1v) is 7.65. The van der Waals surface area contributed by atoms with Crippen LogP contribution in [-0.2, 0) is 4.79 Å². The molecule has 0 saturated heterocycles. The molecule has 1 N–H and O–H groups in total. The molecule has 24 heavy (non-hydrogen) atoms. The van der Waals surface area contributed by atoms with Gasteiger partial charge in [-0.25, -0.2) is 0 Å². The molecule has 3 aromatic rings. The minimum absolute atomic E-state index is 0.0783. The fraction of sp³-hybridized carbons (Fsp3) is 0.0476. The summed E-state index contributed by atoms with van der Waals surface area (Å²) in [6, 6.07) is 23.2. The summed E-state index contributed by atoms with van der Waals surface area (Å²) >= 11 is 0. The first-order valence-electron chi connectivity index (χ1n) is 7.65. The lowest BCUT2D eigenvalue weighted by molar-refractivity contribution is -0.112. The highest BCUT2D eigenvalue weighted by Crippen LogP contribution is 2.21. The maximum Gasteiger partial charge on any atom is 0.266 e. The SMILES string of the molecule is Cc1ccccc1NC(=O)/C(C#N)=C/c1cccc2ccccc12. The zero-order chi connectivity index (χ0) is 16.9. The molecule has 0 aliphatic carbocycles. The number of aryl methyl sites for hydroxylation is 1. The molecule has 1 amide bonds. The number of para-hydroxylation sites is 1. The maximum atomic E-state index is 12.4. The van der Waals surface area contributed by atoms with Gasteiger partial charge in [0.15, 0.2) is 0 Å². The second-order valence-electron chi connectivity index (χ2n) is 5.51. The van der Waals surface area contributed by atoms with E-state index in [2.05, 4.69) is 5.32 Å². The van der Waals surface area contributed by atoms with Crippen LogP contribution in [0.15, 0.2) is 72.3 Å². The molecule has 3 heteroatoms. The van der Waals surface area contributed by atoms with Crippen molar-refractivity contribution in [2.45, 2.75) is 6.92 Å². The number of hydrogen-bond donors (Lipinski definition) is 1. The van der Waals surface area contributed by atoms with Crippen LogP contribution in [-0.4, -0.2) is 5.91 Å². The normalized spacial score (nSPS) is 11.1. The Balaban J connectivity index is 1.96. The Morgan fingerprint density at radius 3 is 2.50 bits per heavy atom. The van der Waals surface area contributed by atoms with Gasteiger partial charge in [0, 0.05) is 5.69 Å². The molecule has 3 aromatic carbocycles. The summed E-state index contributed by atoms with van der Waals surface area (Å²) in [6.07, 6.45) is 1.63. The van der Waals surface area contributed by atoms with E-state index in [1.807, 2.05) is 79.7 Å². The van der Waals surface area contributed by atoms with Gasteiger partial charge in [0.1, 0.15) is 11.6 Å². The van der Waals surface area contributed by atoms with Crippen LogP contribution in [0.25, 0.3) is 16.8 Å². The standard InChI is InChI=1S/C21H16N2O/c1-15-7-2-5-12-20(15)23-21(24)18(14-22)13-17-10-6-9-16-8-3-4-11-19(16)17/h2-13H,1H3,(H,23,24)/b18-13+. The second-order valence-corrected chi connectivity index (χ2v) is 5.51. The van der Waals surface area contributed by atoms with Gasteiger partial charge in [0.2, 0.25) is 0 Å². The van der Waals surface area contributed by atoms with E-state index in [0.717, 1.165) is 21.9 Å². The van der Waals surface area contributed by atoms with Crippen molar-refractivity contribution in [2.24, 2.45) is 0 Å². The minimum atomic E-state index is -0.403. The number of anilines is 1. The molecular formula is C21H16N2O. The lowest BCUT2D eigenvalue weighted by atomic mass is 10.0. The Morgan fingerprint density at radius 2 is 1.71 bits per heavy atom. The number of carbonyl (C=O) groups is 1. The zero-order valence-corrected chi connectivity index (χ0v) is 13.3. The van der Waals surface area contributed by atoms with E-state index < -0.39 is 5.91 Å². The van der Waals surface area contributed by atoms with Gasteiger partial charge < -0.3 is 5.32 Å². The van der Waals surface area contributed by atoms with Crippen molar-refractivity contribution in [3.05, 3.63) is 83.4 Å². The van der Waals surface area contributed by atoms with Gasteiger partial charge in [-0.05, 0) is 41.0 Å². The smallest absolute Gasteiger partial charge is 0.266 e. The third-order valence-corrected chi connectivity index (χ3v) is 3.88. The van der Waals surface area contributed by atoms with Crippen molar-refractivity contribution >= 4 is 28.4 Å². The van der Waals surface area contributed by atoms with E-state index in [1.54, 1.807) is 6.08 Å².